The third-order valence-electron chi connectivity index (χ3n) is 3.68. The number of halogens is 1. The minimum atomic E-state index is -0.195. The van der Waals surface area contributed by atoms with Gasteiger partial charge in [0.25, 0.3) is 0 Å². The Morgan fingerprint density at radius 1 is 1.42 bits per heavy atom. The highest BCUT2D eigenvalue weighted by molar-refractivity contribution is 8.15. The van der Waals surface area contributed by atoms with Crippen molar-refractivity contribution in [2.45, 2.75) is 38.9 Å². The highest BCUT2D eigenvalue weighted by Gasteiger charge is 2.26. The highest BCUT2D eigenvalue weighted by Crippen LogP contribution is 2.32. The maximum absolute atomic E-state index is 13.1. The number of aryl methyl sites for hydroxylation is 1. The summed E-state index contributed by atoms with van der Waals surface area (Å²) in [5.41, 5.74) is 1.85. The van der Waals surface area contributed by atoms with E-state index in [0.29, 0.717) is 5.25 Å². The van der Waals surface area contributed by atoms with E-state index in [4.69, 9.17) is 0 Å². The summed E-state index contributed by atoms with van der Waals surface area (Å²) in [6, 6.07) is 4.80. The van der Waals surface area contributed by atoms with E-state index in [1.165, 1.54) is 18.9 Å². The summed E-state index contributed by atoms with van der Waals surface area (Å²) < 4.78 is 13.1. The molecule has 1 atom stereocenters. The maximum Gasteiger partial charge on any atom is 0.161 e. The Morgan fingerprint density at radius 2 is 2.16 bits per heavy atom. The summed E-state index contributed by atoms with van der Waals surface area (Å²) in [5.74, 6) is 0.529. The zero-order valence-corrected chi connectivity index (χ0v) is 12.6. The molecule has 0 saturated carbocycles. The van der Waals surface area contributed by atoms with Gasteiger partial charge in [0.1, 0.15) is 5.82 Å². The van der Waals surface area contributed by atoms with Crippen molar-refractivity contribution in [3.8, 4) is 0 Å². The second kappa shape index (κ2) is 6.42. The molecule has 1 aromatic rings. The van der Waals surface area contributed by atoms with Gasteiger partial charge >= 0.3 is 0 Å². The third kappa shape index (κ3) is 3.50. The van der Waals surface area contributed by atoms with E-state index in [1.54, 1.807) is 12.1 Å². The van der Waals surface area contributed by atoms with Crippen molar-refractivity contribution >= 4 is 22.6 Å². The molecule has 0 saturated heterocycles. The number of benzene rings is 1. The molecule has 1 aliphatic rings. The summed E-state index contributed by atoms with van der Waals surface area (Å²) in [7, 11) is 0. The molecule has 1 aromatic carbocycles. The van der Waals surface area contributed by atoms with E-state index in [0.717, 1.165) is 28.9 Å². The standard InChI is InChI=1S/C15H21FN2S/c1-4-11(5-2)14-9-17-15(19-14)18-13-7-6-12(16)8-10(13)3/h6-8,11,14H,4-5,9H2,1-3H3,(H,17,18). The van der Waals surface area contributed by atoms with Crippen molar-refractivity contribution in [2.75, 3.05) is 11.9 Å². The van der Waals surface area contributed by atoms with Gasteiger partial charge in [-0.1, -0.05) is 38.5 Å². The van der Waals surface area contributed by atoms with Crippen LogP contribution < -0.4 is 5.32 Å². The van der Waals surface area contributed by atoms with Gasteiger partial charge in [-0.15, -0.1) is 0 Å². The van der Waals surface area contributed by atoms with Crippen LogP contribution in [0.15, 0.2) is 23.2 Å². The number of amidine groups is 1. The molecule has 1 unspecified atom stereocenters. The lowest BCUT2D eigenvalue weighted by molar-refractivity contribution is 0.479. The molecule has 2 rings (SSSR count). The fourth-order valence-corrected chi connectivity index (χ4v) is 3.73. The molecule has 0 aliphatic carbocycles. The van der Waals surface area contributed by atoms with E-state index in [1.807, 2.05) is 18.7 Å². The number of anilines is 1. The number of hydrogen-bond acceptors (Lipinski definition) is 3. The van der Waals surface area contributed by atoms with Crippen LogP contribution in [0.5, 0.6) is 0 Å². The van der Waals surface area contributed by atoms with Gasteiger partial charge in [-0.05, 0) is 36.6 Å². The lowest BCUT2D eigenvalue weighted by Crippen LogP contribution is -2.17. The van der Waals surface area contributed by atoms with Gasteiger partial charge < -0.3 is 5.32 Å². The second-order valence-electron chi connectivity index (χ2n) is 4.96. The minimum absolute atomic E-state index is 0.195. The van der Waals surface area contributed by atoms with Crippen molar-refractivity contribution in [1.29, 1.82) is 0 Å². The van der Waals surface area contributed by atoms with E-state index >= 15 is 0 Å². The fourth-order valence-electron chi connectivity index (χ4n) is 2.40. The zero-order valence-electron chi connectivity index (χ0n) is 11.7. The van der Waals surface area contributed by atoms with Crippen molar-refractivity contribution in [1.82, 2.24) is 0 Å². The Kier molecular flexibility index (Phi) is 4.86. The smallest absolute Gasteiger partial charge is 0.161 e. The average Bonchev–Trinajstić information content (AvgIpc) is 2.83. The quantitative estimate of drug-likeness (QED) is 0.881. The number of rotatable bonds is 4. The molecular weight excluding hydrogens is 259 g/mol. The minimum Gasteiger partial charge on any atom is -0.335 e. The summed E-state index contributed by atoms with van der Waals surface area (Å²) in [6.45, 7) is 7.28. The van der Waals surface area contributed by atoms with Gasteiger partial charge in [0.15, 0.2) is 5.17 Å². The molecule has 0 fully saturated rings. The first-order chi connectivity index (χ1) is 9.13. The fraction of sp³-hybridized carbons (Fsp3) is 0.533. The van der Waals surface area contributed by atoms with Crippen LogP contribution in [-0.4, -0.2) is 17.0 Å². The van der Waals surface area contributed by atoms with Crippen LogP contribution in [0.25, 0.3) is 0 Å². The molecule has 19 heavy (non-hydrogen) atoms. The van der Waals surface area contributed by atoms with Crippen LogP contribution in [0.1, 0.15) is 32.3 Å². The molecule has 0 radical (unpaired) electrons. The number of nitrogens with zero attached hydrogens (tertiary/aromatic N) is 1. The highest BCUT2D eigenvalue weighted by atomic mass is 32.2. The average molecular weight is 280 g/mol. The number of aliphatic imine (C=N–C) groups is 1. The van der Waals surface area contributed by atoms with Crippen LogP contribution in [0.3, 0.4) is 0 Å². The van der Waals surface area contributed by atoms with Crippen molar-refractivity contribution in [3.05, 3.63) is 29.6 Å². The van der Waals surface area contributed by atoms with Gasteiger partial charge in [0.05, 0.1) is 6.54 Å². The predicted octanol–water partition coefficient (Wildman–Crippen LogP) is 4.45. The summed E-state index contributed by atoms with van der Waals surface area (Å²) in [5, 5.41) is 4.86. The first kappa shape index (κ1) is 14.4. The first-order valence-electron chi connectivity index (χ1n) is 6.88. The Hall–Kier alpha value is -1.03. The molecule has 104 valence electrons. The van der Waals surface area contributed by atoms with Crippen LogP contribution in [0.2, 0.25) is 0 Å². The van der Waals surface area contributed by atoms with Crippen molar-refractivity contribution < 1.29 is 4.39 Å². The van der Waals surface area contributed by atoms with Gasteiger partial charge in [-0.25, -0.2) is 4.39 Å². The van der Waals surface area contributed by atoms with Crippen molar-refractivity contribution in [3.63, 3.8) is 0 Å². The molecule has 1 heterocycles. The topological polar surface area (TPSA) is 24.4 Å². The monoisotopic (exact) mass is 280 g/mol. The molecule has 1 aliphatic heterocycles. The van der Waals surface area contributed by atoms with E-state index < -0.39 is 0 Å². The Bertz CT molecular complexity index is 469. The van der Waals surface area contributed by atoms with Crippen molar-refractivity contribution in [2.24, 2.45) is 10.9 Å². The van der Waals surface area contributed by atoms with Gasteiger partial charge in [0.2, 0.25) is 0 Å². The Labute approximate surface area is 118 Å². The van der Waals surface area contributed by atoms with Gasteiger partial charge in [-0.2, -0.15) is 0 Å². The predicted molar refractivity (Wildman–Crippen MR) is 82.5 cm³/mol. The normalized spacial score (nSPS) is 18.8. The summed E-state index contributed by atoms with van der Waals surface area (Å²) in [4.78, 5) is 4.57. The molecule has 0 aromatic heterocycles. The second-order valence-corrected chi connectivity index (χ2v) is 6.19. The van der Waals surface area contributed by atoms with E-state index in [2.05, 4.69) is 24.2 Å². The molecule has 1 N–H and O–H groups in total. The SMILES string of the molecule is CCC(CC)C1CN=C(Nc2ccc(F)cc2C)S1. The van der Waals surface area contributed by atoms with Gasteiger partial charge in [-0.3, -0.25) is 4.99 Å². The van der Waals surface area contributed by atoms with Crippen LogP contribution in [0, 0.1) is 18.7 Å². The third-order valence-corrected chi connectivity index (χ3v) is 4.97. The zero-order chi connectivity index (χ0) is 13.8. The Balaban J connectivity index is 1.98. The molecule has 4 heteroatoms. The number of thioether (sulfide) groups is 1. The lowest BCUT2D eigenvalue weighted by atomic mass is 9.99. The Morgan fingerprint density at radius 3 is 2.79 bits per heavy atom. The van der Waals surface area contributed by atoms with Crippen LogP contribution >= 0.6 is 11.8 Å². The molecule has 2 nitrogen and oxygen atoms in total. The molecular formula is C15H21FN2S. The number of nitrogens with one attached hydrogen (secondary N) is 1. The first-order valence-corrected chi connectivity index (χ1v) is 7.76. The number of hydrogen-bond donors (Lipinski definition) is 1. The van der Waals surface area contributed by atoms with Crippen LogP contribution in [-0.2, 0) is 0 Å². The van der Waals surface area contributed by atoms with E-state index in [9.17, 15) is 4.39 Å². The molecule has 0 spiro atoms. The molecule has 0 amide bonds. The summed E-state index contributed by atoms with van der Waals surface area (Å²) in [6.07, 6.45) is 2.40. The van der Waals surface area contributed by atoms with Crippen LogP contribution in [0.4, 0.5) is 10.1 Å². The summed E-state index contributed by atoms with van der Waals surface area (Å²) >= 11 is 1.82. The lowest BCUT2D eigenvalue weighted by Gasteiger charge is -2.18. The van der Waals surface area contributed by atoms with Gasteiger partial charge in [0, 0.05) is 10.9 Å². The largest absolute Gasteiger partial charge is 0.335 e. The maximum atomic E-state index is 13.1. The van der Waals surface area contributed by atoms with E-state index in [-0.39, 0.29) is 5.82 Å². The molecule has 0 bridgehead atoms.